The summed E-state index contributed by atoms with van der Waals surface area (Å²) in [5.41, 5.74) is 0.990. The average molecular weight is 211 g/mol. The molecule has 0 amide bonds. The van der Waals surface area contributed by atoms with Crippen molar-refractivity contribution in [3.8, 4) is 0 Å². The van der Waals surface area contributed by atoms with Gasteiger partial charge in [0.2, 0.25) is 0 Å². The highest BCUT2D eigenvalue weighted by Gasteiger charge is 1.89. The van der Waals surface area contributed by atoms with Crippen LogP contribution in [-0.4, -0.2) is 12.6 Å². The van der Waals surface area contributed by atoms with Crippen LogP contribution in [0.4, 0.5) is 0 Å². The first-order valence-electron chi connectivity index (χ1n) is 4.24. The Morgan fingerprint density at radius 1 is 1.57 bits per heavy atom. The predicted molar refractivity (Wildman–Crippen MR) is 57.1 cm³/mol. The number of benzene rings is 1. The van der Waals surface area contributed by atoms with Crippen molar-refractivity contribution in [3.63, 3.8) is 0 Å². The third kappa shape index (κ3) is 4.10. The van der Waals surface area contributed by atoms with Crippen LogP contribution >= 0.6 is 11.6 Å². The van der Waals surface area contributed by atoms with E-state index >= 15 is 0 Å². The predicted octanol–water partition coefficient (Wildman–Crippen LogP) is 2.92. The standard InChI is InChI=1S/C11H11ClO2/c1-9(13)14-7-3-5-10-4-2-6-11(12)8-10/h2-6,8H,7H2,1H3/b5-3+. The van der Waals surface area contributed by atoms with Crippen molar-refractivity contribution in [3.05, 3.63) is 40.9 Å². The van der Waals surface area contributed by atoms with Crippen molar-refractivity contribution in [1.29, 1.82) is 0 Å². The lowest BCUT2D eigenvalue weighted by Crippen LogP contribution is -1.97. The minimum atomic E-state index is -0.277. The second-order valence-corrected chi connectivity index (χ2v) is 3.20. The minimum absolute atomic E-state index is 0.277. The average Bonchev–Trinajstić information content (AvgIpc) is 2.12. The molecule has 2 nitrogen and oxygen atoms in total. The number of halogens is 1. The van der Waals surface area contributed by atoms with Crippen LogP contribution in [-0.2, 0) is 9.53 Å². The number of hydrogen-bond donors (Lipinski definition) is 0. The molecule has 3 heteroatoms. The lowest BCUT2D eigenvalue weighted by Gasteiger charge is -1.96. The molecule has 14 heavy (non-hydrogen) atoms. The van der Waals surface area contributed by atoms with Crippen molar-refractivity contribution in [2.24, 2.45) is 0 Å². The topological polar surface area (TPSA) is 26.3 Å². The van der Waals surface area contributed by atoms with E-state index in [4.69, 9.17) is 16.3 Å². The van der Waals surface area contributed by atoms with Crippen molar-refractivity contribution in [2.45, 2.75) is 6.92 Å². The zero-order chi connectivity index (χ0) is 10.4. The van der Waals surface area contributed by atoms with Crippen LogP contribution in [0, 0.1) is 0 Å². The van der Waals surface area contributed by atoms with E-state index in [0.717, 1.165) is 5.56 Å². The van der Waals surface area contributed by atoms with E-state index in [-0.39, 0.29) is 5.97 Å². The Bertz CT molecular complexity index is 345. The number of carbonyl (C=O) groups excluding carboxylic acids is 1. The molecule has 0 N–H and O–H groups in total. The Morgan fingerprint density at radius 2 is 2.36 bits per heavy atom. The summed E-state index contributed by atoms with van der Waals surface area (Å²) in [6.07, 6.45) is 3.63. The highest BCUT2D eigenvalue weighted by Crippen LogP contribution is 2.11. The molecular weight excluding hydrogens is 200 g/mol. The Morgan fingerprint density at radius 3 is 3.00 bits per heavy atom. The minimum Gasteiger partial charge on any atom is -0.462 e. The summed E-state index contributed by atoms with van der Waals surface area (Å²) in [6, 6.07) is 7.45. The SMILES string of the molecule is CC(=O)OC/C=C/c1cccc(Cl)c1. The van der Waals surface area contributed by atoms with Gasteiger partial charge < -0.3 is 4.74 Å². The molecule has 0 fully saturated rings. The van der Waals surface area contributed by atoms with Gasteiger partial charge in [0.25, 0.3) is 0 Å². The van der Waals surface area contributed by atoms with Gasteiger partial charge in [-0.3, -0.25) is 4.79 Å². The lowest BCUT2D eigenvalue weighted by molar-refractivity contribution is -0.139. The zero-order valence-electron chi connectivity index (χ0n) is 7.87. The molecule has 0 radical (unpaired) electrons. The number of rotatable bonds is 3. The van der Waals surface area contributed by atoms with Gasteiger partial charge in [0, 0.05) is 11.9 Å². The van der Waals surface area contributed by atoms with E-state index in [1.165, 1.54) is 6.92 Å². The van der Waals surface area contributed by atoms with Gasteiger partial charge >= 0.3 is 5.97 Å². The fraction of sp³-hybridized carbons (Fsp3) is 0.182. The Kier molecular flexibility index (Phi) is 4.20. The molecule has 0 unspecified atom stereocenters. The fourth-order valence-electron chi connectivity index (χ4n) is 0.960. The van der Waals surface area contributed by atoms with Gasteiger partial charge in [0.15, 0.2) is 0 Å². The van der Waals surface area contributed by atoms with Crippen molar-refractivity contribution in [2.75, 3.05) is 6.61 Å². The highest BCUT2D eigenvalue weighted by molar-refractivity contribution is 6.30. The normalized spacial score (nSPS) is 10.4. The Labute approximate surface area is 88.1 Å². The molecule has 1 rings (SSSR count). The maximum absolute atomic E-state index is 10.4. The van der Waals surface area contributed by atoms with Crippen LogP contribution in [0.5, 0.6) is 0 Å². The highest BCUT2D eigenvalue weighted by atomic mass is 35.5. The first-order valence-corrected chi connectivity index (χ1v) is 4.62. The maximum atomic E-state index is 10.4. The van der Waals surface area contributed by atoms with Crippen LogP contribution in [0.15, 0.2) is 30.3 Å². The van der Waals surface area contributed by atoms with Gasteiger partial charge in [-0.1, -0.05) is 29.8 Å². The van der Waals surface area contributed by atoms with Gasteiger partial charge in [0.05, 0.1) is 0 Å². The van der Waals surface area contributed by atoms with Crippen LogP contribution in [0.1, 0.15) is 12.5 Å². The van der Waals surface area contributed by atoms with Crippen LogP contribution in [0.2, 0.25) is 5.02 Å². The number of hydrogen-bond acceptors (Lipinski definition) is 2. The third-order valence-corrected chi connectivity index (χ3v) is 1.78. The smallest absolute Gasteiger partial charge is 0.302 e. The zero-order valence-corrected chi connectivity index (χ0v) is 8.62. The largest absolute Gasteiger partial charge is 0.462 e. The van der Waals surface area contributed by atoms with Crippen LogP contribution < -0.4 is 0 Å². The van der Waals surface area contributed by atoms with Gasteiger partial charge in [-0.15, -0.1) is 0 Å². The molecule has 74 valence electrons. The summed E-state index contributed by atoms with van der Waals surface area (Å²) in [5, 5.41) is 0.694. The van der Waals surface area contributed by atoms with Gasteiger partial charge in [-0.25, -0.2) is 0 Å². The molecule has 1 aromatic carbocycles. The van der Waals surface area contributed by atoms with Crippen LogP contribution in [0.25, 0.3) is 6.08 Å². The van der Waals surface area contributed by atoms with E-state index < -0.39 is 0 Å². The quantitative estimate of drug-likeness (QED) is 0.718. The first-order chi connectivity index (χ1) is 6.68. The first kappa shape index (κ1) is 10.8. The number of esters is 1. The Balaban J connectivity index is 2.47. The van der Waals surface area contributed by atoms with Gasteiger partial charge in [-0.05, 0) is 23.8 Å². The van der Waals surface area contributed by atoms with E-state index in [1.54, 1.807) is 6.08 Å². The number of carbonyl (C=O) groups is 1. The molecule has 1 aromatic rings. The second kappa shape index (κ2) is 5.45. The summed E-state index contributed by atoms with van der Waals surface area (Å²) in [7, 11) is 0. The molecule has 0 aliphatic rings. The molecule has 0 bridgehead atoms. The van der Waals surface area contributed by atoms with Gasteiger partial charge in [0.1, 0.15) is 6.61 Å². The van der Waals surface area contributed by atoms with Crippen molar-refractivity contribution in [1.82, 2.24) is 0 Å². The van der Waals surface area contributed by atoms with E-state index in [2.05, 4.69) is 0 Å². The van der Waals surface area contributed by atoms with Crippen LogP contribution in [0.3, 0.4) is 0 Å². The summed E-state index contributed by atoms with van der Waals surface area (Å²) in [4.78, 5) is 10.4. The van der Waals surface area contributed by atoms with E-state index in [1.807, 2.05) is 30.3 Å². The molecule has 0 saturated heterocycles. The second-order valence-electron chi connectivity index (χ2n) is 2.76. The molecule has 0 aromatic heterocycles. The molecule has 0 spiro atoms. The van der Waals surface area contributed by atoms with Crippen molar-refractivity contribution >= 4 is 23.6 Å². The molecule has 0 saturated carbocycles. The molecule has 0 atom stereocenters. The summed E-state index contributed by atoms with van der Waals surface area (Å²) < 4.78 is 4.74. The summed E-state index contributed by atoms with van der Waals surface area (Å²) in [6.45, 7) is 1.68. The molecular formula is C11H11ClO2. The summed E-state index contributed by atoms with van der Waals surface area (Å²) in [5.74, 6) is -0.277. The summed E-state index contributed by atoms with van der Waals surface area (Å²) >= 11 is 5.79. The van der Waals surface area contributed by atoms with E-state index in [0.29, 0.717) is 11.6 Å². The van der Waals surface area contributed by atoms with Crippen molar-refractivity contribution < 1.29 is 9.53 Å². The fourth-order valence-corrected chi connectivity index (χ4v) is 1.16. The molecule has 0 aliphatic heterocycles. The van der Waals surface area contributed by atoms with Gasteiger partial charge in [-0.2, -0.15) is 0 Å². The maximum Gasteiger partial charge on any atom is 0.302 e. The molecule has 0 aliphatic carbocycles. The third-order valence-electron chi connectivity index (χ3n) is 1.54. The monoisotopic (exact) mass is 210 g/mol. The Hall–Kier alpha value is -1.28. The number of ether oxygens (including phenoxy) is 1. The lowest BCUT2D eigenvalue weighted by atomic mass is 10.2. The van der Waals surface area contributed by atoms with E-state index in [9.17, 15) is 4.79 Å². The molecule has 0 heterocycles.